The molecule has 0 radical (unpaired) electrons. The van der Waals surface area contributed by atoms with Gasteiger partial charge in [0.05, 0.1) is 24.2 Å². The fourth-order valence-electron chi connectivity index (χ4n) is 3.99. The Balaban J connectivity index is 1.71. The number of fused-ring (bicyclic) bond motifs is 1. The van der Waals surface area contributed by atoms with Crippen LogP contribution in [0.2, 0.25) is 0 Å². The number of methoxy groups -OCH3 is 1. The van der Waals surface area contributed by atoms with Gasteiger partial charge < -0.3 is 9.64 Å². The molecular formula is C15H19N5O4S. The molecule has 2 fully saturated rings. The molecule has 4 heterocycles. The van der Waals surface area contributed by atoms with Gasteiger partial charge in [-0.1, -0.05) is 6.92 Å². The molecule has 2 saturated heterocycles. The highest BCUT2D eigenvalue weighted by Gasteiger charge is 2.64. The van der Waals surface area contributed by atoms with E-state index in [0.29, 0.717) is 17.9 Å². The summed E-state index contributed by atoms with van der Waals surface area (Å²) in [6.07, 6.45) is 2.47. The van der Waals surface area contributed by atoms with Crippen molar-refractivity contribution >= 4 is 32.7 Å². The lowest BCUT2D eigenvalue weighted by atomic mass is 9.83. The minimum Gasteiger partial charge on any atom is -0.469 e. The van der Waals surface area contributed by atoms with Crippen LogP contribution >= 0.6 is 0 Å². The van der Waals surface area contributed by atoms with Gasteiger partial charge in [0.25, 0.3) is 0 Å². The maximum absolute atomic E-state index is 12.6. The first-order valence-electron chi connectivity index (χ1n) is 8.16. The topological polar surface area (TPSA) is 118 Å². The Bertz CT molecular complexity index is 948. The third-order valence-corrected chi connectivity index (χ3v) is 7.95. The van der Waals surface area contributed by atoms with Crippen molar-refractivity contribution in [3.05, 3.63) is 12.0 Å². The van der Waals surface area contributed by atoms with Gasteiger partial charge in [-0.2, -0.15) is 5.10 Å². The minimum atomic E-state index is -3.36. The average Bonchev–Trinajstić information content (AvgIpc) is 3.10. The molecule has 9 nitrogen and oxygen atoms in total. The van der Waals surface area contributed by atoms with E-state index in [4.69, 9.17) is 4.74 Å². The number of anilines is 1. The summed E-state index contributed by atoms with van der Waals surface area (Å²) in [5, 5.41) is 7.93. The molecule has 2 aromatic rings. The summed E-state index contributed by atoms with van der Waals surface area (Å²) in [5.74, 6) is -0.393. The van der Waals surface area contributed by atoms with Crippen molar-refractivity contribution in [1.82, 2.24) is 20.2 Å². The molecule has 2 aliphatic heterocycles. The number of rotatable bonds is 3. The fourth-order valence-corrected chi connectivity index (χ4v) is 6.30. The molecule has 2 aromatic heterocycles. The van der Waals surface area contributed by atoms with E-state index in [0.717, 1.165) is 17.5 Å². The fraction of sp³-hybridized carbons (Fsp3) is 0.600. The van der Waals surface area contributed by atoms with Gasteiger partial charge in [-0.3, -0.25) is 9.89 Å². The van der Waals surface area contributed by atoms with Crippen LogP contribution in [0.4, 0.5) is 5.82 Å². The summed E-state index contributed by atoms with van der Waals surface area (Å²) in [6.45, 7) is 2.46. The third-order valence-electron chi connectivity index (χ3n) is 5.39. The minimum absolute atomic E-state index is 0.0196. The Morgan fingerprint density at radius 2 is 2.20 bits per heavy atom. The van der Waals surface area contributed by atoms with Crippen molar-refractivity contribution in [3.8, 4) is 0 Å². The maximum atomic E-state index is 12.6. The van der Waals surface area contributed by atoms with Gasteiger partial charge in [0.15, 0.2) is 15.5 Å². The lowest BCUT2D eigenvalue weighted by molar-refractivity contribution is -0.146. The van der Waals surface area contributed by atoms with Crippen LogP contribution in [0.3, 0.4) is 0 Å². The Kier molecular flexibility index (Phi) is 3.50. The maximum Gasteiger partial charge on any atom is 0.310 e. The van der Waals surface area contributed by atoms with Crippen molar-refractivity contribution in [2.45, 2.75) is 24.5 Å². The predicted molar refractivity (Wildman–Crippen MR) is 89.9 cm³/mol. The molecule has 25 heavy (non-hydrogen) atoms. The molecule has 0 amide bonds. The number of esters is 1. The first-order chi connectivity index (χ1) is 11.9. The molecule has 134 valence electrons. The Hall–Kier alpha value is -2.23. The summed E-state index contributed by atoms with van der Waals surface area (Å²) >= 11 is 0. The molecule has 4 rings (SSSR count). The highest BCUT2D eigenvalue weighted by molar-refractivity contribution is 7.93. The van der Waals surface area contributed by atoms with Crippen molar-refractivity contribution < 1.29 is 17.9 Å². The number of carbonyl (C=O) groups is 1. The van der Waals surface area contributed by atoms with E-state index >= 15 is 0 Å². The van der Waals surface area contributed by atoms with Gasteiger partial charge in [0, 0.05) is 18.8 Å². The summed E-state index contributed by atoms with van der Waals surface area (Å²) in [7, 11) is -2.06. The first-order valence-corrected chi connectivity index (χ1v) is 9.82. The number of aryl methyl sites for hydroxylation is 1. The summed E-state index contributed by atoms with van der Waals surface area (Å²) in [5.41, 5.74) is 1.46. The second kappa shape index (κ2) is 5.38. The SMILES string of the molecule is CCc1[nH]nc2ncnc(N3CC4(C3)C(C(=O)OC)CCS4(=O)=O)c12. The van der Waals surface area contributed by atoms with E-state index in [1.165, 1.54) is 13.4 Å². The zero-order chi connectivity index (χ0) is 17.8. The van der Waals surface area contributed by atoms with Crippen molar-refractivity contribution in [3.63, 3.8) is 0 Å². The predicted octanol–water partition coefficient (Wildman–Crippen LogP) is 0.0818. The van der Waals surface area contributed by atoms with Crippen molar-refractivity contribution in [1.29, 1.82) is 0 Å². The first kappa shape index (κ1) is 16.2. The second-order valence-corrected chi connectivity index (χ2v) is 9.01. The molecule has 1 atom stereocenters. The Labute approximate surface area is 144 Å². The van der Waals surface area contributed by atoms with Gasteiger partial charge >= 0.3 is 5.97 Å². The number of hydrogen-bond acceptors (Lipinski definition) is 8. The molecule has 0 aliphatic carbocycles. The van der Waals surface area contributed by atoms with E-state index in [1.54, 1.807) is 0 Å². The third kappa shape index (κ3) is 2.09. The van der Waals surface area contributed by atoms with Crippen LogP contribution in [0.15, 0.2) is 6.33 Å². The van der Waals surface area contributed by atoms with E-state index in [-0.39, 0.29) is 18.8 Å². The van der Waals surface area contributed by atoms with Crippen LogP contribution in [0.5, 0.6) is 0 Å². The smallest absolute Gasteiger partial charge is 0.310 e. The van der Waals surface area contributed by atoms with Crippen molar-refractivity contribution in [2.75, 3.05) is 30.9 Å². The highest BCUT2D eigenvalue weighted by atomic mass is 32.2. The molecule has 0 bridgehead atoms. The molecule has 0 aromatic carbocycles. The van der Waals surface area contributed by atoms with Gasteiger partial charge in [-0.15, -0.1) is 0 Å². The molecular weight excluding hydrogens is 346 g/mol. The number of nitrogens with zero attached hydrogens (tertiary/aromatic N) is 4. The monoisotopic (exact) mass is 365 g/mol. The number of hydrogen-bond donors (Lipinski definition) is 1. The van der Waals surface area contributed by atoms with Crippen LogP contribution in [0.1, 0.15) is 19.0 Å². The molecule has 2 aliphatic rings. The van der Waals surface area contributed by atoms with Crippen LogP contribution in [0, 0.1) is 5.92 Å². The largest absolute Gasteiger partial charge is 0.469 e. The van der Waals surface area contributed by atoms with E-state index < -0.39 is 26.5 Å². The molecule has 1 spiro atoms. The standard InChI is InChI=1S/C15H19N5O4S/c1-3-10-11-12(19-18-10)16-8-17-13(11)20-6-15(7-20)9(14(21)24-2)4-5-25(15,22)23/h8-9H,3-7H2,1-2H3,(H,16,17,18,19). The lowest BCUT2D eigenvalue weighted by Crippen LogP contribution is -2.68. The number of ether oxygens (including phenoxy) is 1. The van der Waals surface area contributed by atoms with Crippen LogP contribution in [-0.4, -0.2) is 65.3 Å². The number of H-pyrrole nitrogens is 1. The van der Waals surface area contributed by atoms with Crippen molar-refractivity contribution in [2.24, 2.45) is 5.92 Å². The molecule has 1 unspecified atom stereocenters. The Morgan fingerprint density at radius 3 is 2.88 bits per heavy atom. The van der Waals surface area contributed by atoms with Gasteiger partial charge in [-0.05, 0) is 12.8 Å². The zero-order valence-corrected chi connectivity index (χ0v) is 14.8. The molecule has 10 heteroatoms. The number of sulfone groups is 1. The second-order valence-electron chi connectivity index (χ2n) is 6.56. The number of nitrogens with one attached hydrogen (secondary N) is 1. The lowest BCUT2D eigenvalue weighted by Gasteiger charge is -2.49. The van der Waals surface area contributed by atoms with E-state index in [1.807, 2.05) is 11.8 Å². The highest BCUT2D eigenvalue weighted by Crippen LogP contribution is 2.47. The molecule has 1 N–H and O–H groups in total. The zero-order valence-electron chi connectivity index (χ0n) is 14.0. The number of carbonyl (C=O) groups excluding carboxylic acids is 1. The average molecular weight is 365 g/mol. The van der Waals surface area contributed by atoms with Crippen LogP contribution in [-0.2, 0) is 25.8 Å². The number of aromatic amines is 1. The van der Waals surface area contributed by atoms with E-state index in [2.05, 4.69) is 20.2 Å². The van der Waals surface area contributed by atoms with Gasteiger partial charge in [0.1, 0.15) is 16.9 Å². The van der Waals surface area contributed by atoms with Crippen LogP contribution in [0.25, 0.3) is 11.0 Å². The van der Waals surface area contributed by atoms with Crippen LogP contribution < -0.4 is 4.90 Å². The normalized spacial score (nSPS) is 23.8. The summed E-state index contributed by atoms with van der Waals surface area (Å²) in [6, 6.07) is 0. The summed E-state index contributed by atoms with van der Waals surface area (Å²) < 4.78 is 29.0. The summed E-state index contributed by atoms with van der Waals surface area (Å²) in [4.78, 5) is 22.5. The number of aromatic nitrogens is 4. The quantitative estimate of drug-likeness (QED) is 0.760. The van der Waals surface area contributed by atoms with Gasteiger partial charge in [-0.25, -0.2) is 18.4 Å². The Morgan fingerprint density at radius 1 is 1.44 bits per heavy atom. The van der Waals surface area contributed by atoms with E-state index in [9.17, 15) is 13.2 Å². The molecule has 0 saturated carbocycles. The van der Waals surface area contributed by atoms with Gasteiger partial charge in [0.2, 0.25) is 0 Å².